The molecule has 1 atom stereocenters. The molecule has 1 aliphatic rings. The molecule has 29 heavy (non-hydrogen) atoms. The summed E-state index contributed by atoms with van der Waals surface area (Å²) in [6.45, 7) is 1.16. The molecule has 1 aliphatic heterocycles. The Balaban J connectivity index is 1.74. The number of hydrogen-bond donors (Lipinski definition) is 1. The number of nitro benzene ring substituents is 1. The lowest BCUT2D eigenvalue weighted by atomic mass is 10.1. The molecule has 1 saturated heterocycles. The molecule has 0 saturated carbocycles. The third kappa shape index (κ3) is 5.29. The molecule has 0 spiro atoms. The minimum Gasteiger partial charge on any atom is -0.491 e. The summed E-state index contributed by atoms with van der Waals surface area (Å²) in [5.41, 5.74) is -0.0524. The third-order valence-electron chi connectivity index (χ3n) is 4.36. The van der Waals surface area contributed by atoms with Gasteiger partial charge in [-0.1, -0.05) is 6.07 Å². The number of anilines is 1. The first-order chi connectivity index (χ1) is 14.0. The number of carbonyl (C=O) groups excluding carboxylic acids is 2. The molecule has 0 aromatic heterocycles. The fourth-order valence-corrected chi connectivity index (χ4v) is 2.92. The highest BCUT2D eigenvalue weighted by atomic mass is 16.6. The minimum atomic E-state index is -0.771. The highest BCUT2D eigenvalue weighted by Crippen LogP contribution is 2.22. The number of nitro groups is 1. The second kappa shape index (κ2) is 9.16. The lowest BCUT2D eigenvalue weighted by molar-refractivity contribution is -0.384. The average molecular weight is 400 g/mol. The van der Waals surface area contributed by atoms with Crippen molar-refractivity contribution in [1.82, 2.24) is 0 Å². The van der Waals surface area contributed by atoms with Gasteiger partial charge in [0.1, 0.15) is 12.4 Å². The molecule has 3 rings (SSSR count). The van der Waals surface area contributed by atoms with Crippen molar-refractivity contribution in [2.24, 2.45) is 0 Å². The Morgan fingerprint density at radius 2 is 2.03 bits per heavy atom. The largest absolute Gasteiger partial charge is 0.491 e. The predicted octanol–water partition coefficient (Wildman–Crippen LogP) is 3.19. The second-order valence-electron chi connectivity index (χ2n) is 6.45. The van der Waals surface area contributed by atoms with Crippen LogP contribution >= 0.6 is 0 Å². The zero-order valence-electron chi connectivity index (χ0n) is 15.8. The topological polar surface area (TPSA) is 117 Å². The van der Waals surface area contributed by atoms with E-state index in [1.807, 2.05) is 0 Å². The van der Waals surface area contributed by atoms with Crippen LogP contribution in [0.4, 0.5) is 11.4 Å². The number of ether oxygens (including phenoxy) is 3. The molecule has 9 heteroatoms. The SMILES string of the molecule is COC(=O)c1cc(C(=O)Nc2cccc(OC[C@H]3CCCO3)c2)cc([N+](=O)[O-])c1. The van der Waals surface area contributed by atoms with Crippen LogP contribution in [0.5, 0.6) is 5.75 Å². The van der Waals surface area contributed by atoms with E-state index in [2.05, 4.69) is 10.1 Å². The van der Waals surface area contributed by atoms with Gasteiger partial charge in [0, 0.05) is 36.1 Å². The molecule has 0 bridgehead atoms. The van der Waals surface area contributed by atoms with E-state index in [1.54, 1.807) is 24.3 Å². The van der Waals surface area contributed by atoms with Crippen molar-refractivity contribution in [1.29, 1.82) is 0 Å². The number of hydrogen-bond acceptors (Lipinski definition) is 7. The number of amides is 1. The zero-order chi connectivity index (χ0) is 20.8. The van der Waals surface area contributed by atoms with Crippen LogP contribution in [0.25, 0.3) is 0 Å². The van der Waals surface area contributed by atoms with Crippen molar-refractivity contribution < 1.29 is 28.7 Å². The summed E-state index contributed by atoms with van der Waals surface area (Å²) in [7, 11) is 1.16. The lowest BCUT2D eigenvalue weighted by Crippen LogP contribution is -2.16. The number of esters is 1. The standard InChI is InChI=1S/C20H20N2O7/c1-27-20(24)14-8-13(9-16(10-14)22(25)26)19(23)21-15-4-2-5-17(11-15)29-12-18-6-3-7-28-18/h2,4-5,8-11,18H,3,6-7,12H2,1H3,(H,21,23)/t18-/m1/s1. The summed E-state index contributed by atoms with van der Waals surface area (Å²) in [4.78, 5) is 34.8. The van der Waals surface area contributed by atoms with Crippen molar-refractivity contribution in [2.75, 3.05) is 25.6 Å². The summed E-state index contributed by atoms with van der Waals surface area (Å²) in [6, 6.07) is 10.2. The van der Waals surface area contributed by atoms with E-state index in [-0.39, 0.29) is 22.9 Å². The molecule has 1 heterocycles. The summed E-state index contributed by atoms with van der Waals surface area (Å²) in [6.07, 6.45) is 2.03. The van der Waals surface area contributed by atoms with Gasteiger partial charge in [0.2, 0.25) is 0 Å². The van der Waals surface area contributed by atoms with Crippen molar-refractivity contribution >= 4 is 23.3 Å². The Bertz CT molecular complexity index is 923. The van der Waals surface area contributed by atoms with Crippen LogP contribution < -0.4 is 10.1 Å². The summed E-state index contributed by atoms with van der Waals surface area (Å²) >= 11 is 0. The molecule has 9 nitrogen and oxygen atoms in total. The monoisotopic (exact) mass is 400 g/mol. The van der Waals surface area contributed by atoms with Gasteiger partial charge in [-0.15, -0.1) is 0 Å². The van der Waals surface area contributed by atoms with Crippen LogP contribution in [0.2, 0.25) is 0 Å². The van der Waals surface area contributed by atoms with E-state index in [4.69, 9.17) is 9.47 Å². The van der Waals surface area contributed by atoms with E-state index in [1.165, 1.54) is 6.07 Å². The molecule has 1 fully saturated rings. The summed E-state index contributed by atoms with van der Waals surface area (Å²) < 4.78 is 15.8. The van der Waals surface area contributed by atoms with Gasteiger partial charge in [0.05, 0.1) is 23.7 Å². The maximum atomic E-state index is 12.6. The number of methoxy groups -OCH3 is 1. The van der Waals surface area contributed by atoms with Crippen LogP contribution in [0.15, 0.2) is 42.5 Å². The first-order valence-electron chi connectivity index (χ1n) is 9.00. The normalized spacial score (nSPS) is 15.6. The number of rotatable bonds is 7. The van der Waals surface area contributed by atoms with Gasteiger partial charge in [-0.25, -0.2) is 4.79 Å². The van der Waals surface area contributed by atoms with Crippen LogP contribution in [0.1, 0.15) is 33.6 Å². The van der Waals surface area contributed by atoms with E-state index in [0.29, 0.717) is 18.0 Å². The highest BCUT2D eigenvalue weighted by molar-refractivity contribution is 6.06. The third-order valence-corrected chi connectivity index (χ3v) is 4.36. The Labute approximate surface area is 166 Å². The second-order valence-corrected chi connectivity index (χ2v) is 6.45. The molecule has 152 valence electrons. The molecule has 0 radical (unpaired) electrons. The van der Waals surface area contributed by atoms with E-state index in [9.17, 15) is 19.7 Å². The van der Waals surface area contributed by atoms with E-state index < -0.39 is 16.8 Å². The maximum Gasteiger partial charge on any atom is 0.338 e. The van der Waals surface area contributed by atoms with Crippen LogP contribution in [0.3, 0.4) is 0 Å². The van der Waals surface area contributed by atoms with Gasteiger partial charge >= 0.3 is 5.97 Å². The molecule has 2 aromatic carbocycles. The number of benzene rings is 2. The highest BCUT2D eigenvalue weighted by Gasteiger charge is 2.19. The maximum absolute atomic E-state index is 12.6. The van der Waals surface area contributed by atoms with Gasteiger partial charge in [0.25, 0.3) is 11.6 Å². The molecule has 2 aromatic rings. The van der Waals surface area contributed by atoms with Crippen molar-refractivity contribution in [3.63, 3.8) is 0 Å². The van der Waals surface area contributed by atoms with Crippen LogP contribution in [-0.2, 0) is 9.47 Å². The van der Waals surface area contributed by atoms with Crippen molar-refractivity contribution in [3.05, 3.63) is 63.7 Å². The molecule has 1 amide bonds. The van der Waals surface area contributed by atoms with Crippen LogP contribution in [0, 0.1) is 10.1 Å². The first-order valence-corrected chi connectivity index (χ1v) is 9.00. The Morgan fingerprint density at radius 1 is 1.24 bits per heavy atom. The molecule has 1 N–H and O–H groups in total. The fraction of sp³-hybridized carbons (Fsp3) is 0.300. The van der Waals surface area contributed by atoms with Gasteiger partial charge in [-0.05, 0) is 31.0 Å². The van der Waals surface area contributed by atoms with Crippen molar-refractivity contribution in [2.45, 2.75) is 18.9 Å². The number of non-ortho nitro benzene ring substituents is 1. The Kier molecular flexibility index (Phi) is 6.40. The predicted molar refractivity (Wildman–Crippen MR) is 103 cm³/mol. The van der Waals surface area contributed by atoms with Crippen LogP contribution in [-0.4, -0.2) is 43.2 Å². The molecule has 0 unspecified atom stereocenters. The Hall–Kier alpha value is -3.46. The zero-order valence-corrected chi connectivity index (χ0v) is 15.8. The van der Waals surface area contributed by atoms with Gasteiger partial charge in [0.15, 0.2) is 0 Å². The molecular formula is C20H20N2O7. The Morgan fingerprint density at radius 3 is 2.72 bits per heavy atom. The molecular weight excluding hydrogens is 380 g/mol. The number of nitrogens with one attached hydrogen (secondary N) is 1. The van der Waals surface area contributed by atoms with E-state index >= 15 is 0 Å². The molecule has 0 aliphatic carbocycles. The number of carbonyl (C=O) groups is 2. The summed E-state index contributed by atoms with van der Waals surface area (Å²) in [5, 5.41) is 13.8. The lowest BCUT2D eigenvalue weighted by Gasteiger charge is -2.13. The fourth-order valence-electron chi connectivity index (χ4n) is 2.92. The van der Waals surface area contributed by atoms with Gasteiger partial charge in [-0.3, -0.25) is 14.9 Å². The van der Waals surface area contributed by atoms with Gasteiger partial charge in [-0.2, -0.15) is 0 Å². The van der Waals surface area contributed by atoms with Gasteiger partial charge < -0.3 is 19.5 Å². The average Bonchev–Trinajstić information content (AvgIpc) is 3.25. The first kappa shape index (κ1) is 20.3. The quantitative estimate of drug-likeness (QED) is 0.431. The van der Waals surface area contributed by atoms with Crippen molar-refractivity contribution in [3.8, 4) is 5.75 Å². The smallest absolute Gasteiger partial charge is 0.338 e. The summed E-state index contributed by atoms with van der Waals surface area (Å²) in [5.74, 6) is -0.810. The number of nitrogens with zero attached hydrogens (tertiary/aromatic N) is 1. The minimum absolute atomic E-state index is 0.0368. The van der Waals surface area contributed by atoms with E-state index in [0.717, 1.165) is 38.7 Å².